The maximum Gasteiger partial charge on any atom is 0.131 e. The minimum absolute atomic E-state index is 0.372. The first kappa shape index (κ1) is 18.3. The van der Waals surface area contributed by atoms with Gasteiger partial charge in [-0.1, -0.05) is 76.2 Å². The van der Waals surface area contributed by atoms with E-state index in [4.69, 9.17) is 0 Å². The third-order valence-corrected chi connectivity index (χ3v) is 5.00. The molecule has 1 nitrogen and oxygen atoms in total. The third-order valence-electron chi connectivity index (χ3n) is 5.00. The fourth-order valence-electron chi connectivity index (χ4n) is 3.68. The van der Waals surface area contributed by atoms with Gasteiger partial charge in [0.25, 0.3) is 0 Å². The zero-order valence-corrected chi connectivity index (χ0v) is 16.4. The minimum Gasteiger partial charge on any atom is -0.507 e. The quantitative estimate of drug-likeness (QED) is 0.527. The molecule has 3 aromatic carbocycles. The topological polar surface area (TPSA) is 20.2 Å². The predicted molar refractivity (Wildman–Crippen MR) is 112 cm³/mol. The van der Waals surface area contributed by atoms with Crippen LogP contribution in [0.5, 0.6) is 5.75 Å². The number of hydrogen-bond acceptors (Lipinski definition) is 1. The second-order valence-electron chi connectivity index (χ2n) is 7.69. The van der Waals surface area contributed by atoms with Gasteiger partial charge in [0.2, 0.25) is 0 Å². The van der Waals surface area contributed by atoms with Crippen LogP contribution in [0.1, 0.15) is 56.2 Å². The summed E-state index contributed by atoms with van der Waals surface area (Å²) in [6.45, 7) is 10.9. The number of benzene rings is 3. The molecule has 0 aliphatic heterocycles. The lowest BCUT2D eigenvalue weighted by Crippen LogP contribution is -1.96. The van der Waals surface area contributed by atoms with Crippen molar-refractivity contribution in [1.82, 2.24) is 0 Å². The van der Waals surface area contributed by atoms with Gasteiger partial charge in [-0.25, -0.2) is 0 Å². The van der Waals surface area contributed by atoms with Crippen LogP contribution in [-0.4, -0.2) is 5.11 Å². The van der Waals surface area contributed by atoms with Crippen LogP contribution in [0.2, 0.25) is 0 Å². The molecule has 0 amide bonds. The summed E-state index contributed by atoms with van der Waals surface area (Å²) < 4.78 is 0. The molecule has 0 atom stereocenters. The SMILES string of the molecule is Cc1cc(-c2ccccc2C(C)C)c(O)c(-c2ccccc2C(C)C)c1. The molecule has 0 saturated heterocycles. The Balaban J connectivity index is 2.28. The van der Waals surface area contributed by atoms with Crippen LogP contribution < -0.4 is 0 Å². The molecule has 0 fully saturated rings. The Morgan fingerprint density at radius 1 is 0.615 bits per heavy atom. The molecule has 3 rings (SSSR count). The van der Waals surface area contributed by atoms with Gasteiger partial charge in [0.05, 0.1) is 0 Å². The van der Waals surface area contributed by atoms with Gasteiger partial charge in [0.15, 0.2) is 0 Å². The second-order valence-corrected chi connectivity index (χ2v) is 7.69. The Kier molecular flexibility index (Phi) is 5.18. The minimum atomic E-state index is 0.372. The molecule has 3 aromatic rings. The molecule has 0 heterocycles. The lowest BCUT2D eigenvalue weighted by atomic mass is 9.87. The van der Waals surface area contributed by atoms with E-state index in [1.807, 2.05) is 12.1 Å². The highest BCUT2D eigenvalue weighted by Crippen LogP contribution is 2.43. The summed E-state index contributed by atoms with van der Waals surface area (Å²) in [5.74, 6) is 1.17. The van der Waals surface area contributed by atoms with Gasteiger partial charge in [0, 0.05) is 11.1 Å². The molecular formula is C25H28O. The summed E-state index contributed by atoms with van der Waals surface area (Å²) in [5.41, 5.74) is 7.75. The average Bonchev–Trinajstić information content (AvgIpc) is 2.63. The third kappa shape index (κ3) is 3.39. The van der Waals surface area contributed by atoms with Gasteiger partial charge in [0.1, 0.15) is 5.75 Å². The smallest absolute Gasteiger partial charge is 0.131 e. The van der Waals surface area contributed by atoms with Gasteiger partial charge in [-0.2, -0.15) is 0 Å². The summed E-state index contributed by atoms with van der Waals surface area (Å²) in [6.07, 6.45) is 0. The van der Waals surface area contributed by atoms with Crippen molar-refractivity contribution in [3.05, 3.63) is 77.4 Å². The van der Waals surface area contributed by atoms with Crippen molar-refractivity contribution in [1.29, 1.82) is 0 Å². The second kappa shape index (κ2) is 7.37. The van der Waals surface area contributed by atoms with Crippen molar-refractivity contribution in [2.45, 2.75) is 46.5 Å². The Hall–Kier alpha value is -2.54. The van der Waals surface area contributed by atoms with E-state index >= 15 is 0 Å². The van der Waals surface area contributed by atoms with E-state index in [2.05, 4.69) is 83.1 Å². The molecule has 134 valence electrons. The van der Waals surface area contributed by atoms with Crippen LogP contribution in [-0.2, 0) is 0 Å². The van der Waals surface area contributed by atoms with Crippen molar-refractivity contribution >= 4 is 0 Å². The fourth-order valence-corrected chi connectivity index (χ4v) is 3.68. The molecule has 1 N–H and O–H groups in total. The molecule has 0 aliphatic carbocycles. The van der Waals surface area contributed by atoms with Crippen molar-refractivity contribution < 1.29 is 5.11 Å². The summed E-state index contributed by atoms with van der Waals surface area (Å²) in [6, 6.07) is 21.0. The van der Waals surface area contributed by atoms with E-state index in [9.17, 15) is 5.11 Å². The van der Waals surface area contributed by atoms with Gasteiger partial charge < -0.3 is 5.11 Å². The van der Waals surface area contributed by atoms with Crippen molar-refractivity contribution in [3.8, 4) is 28.0 Å². The Labute approximate surface area is 157 Å². The van der Waals surface area contributed by atoms with Crippen LogP contribution in [0.15, 0.2) is 60.7 Å². The highest BCUT2D eigenvalue weighted by molar-refractivity contribution is 5.85. The van der Waals surface area contributed by atoms with Crippen LogP contribution in [0.3, 0.4) is 0 Å². The maximum absolute atomic E-state index is 11.2. The molecule has 0 radical (unpaired) electrons. The van der Waals surface area contributed by atoms with Crippen LogP contribution in [0, 0.1) is 6.92 Å². The Bertz CT molecular complexity index is 846. The van der Waals surface area contributed by atoms with Crippen molar-refractivity contribution in [2.24, 2.45) is 0 Å². The molecule has 0 aromatic heterocycles. The summed E-state index contributed by atoms with van der Waals surface area (Å²) in [7, 11) is 0. The summed E-state index contributed by atoms with van der Waals surface area (Å²) in [4.78, 5) is 0. The predicted octanol–water partition coefficient (Wildman–Crippen LogP) is 7.28. The lowest BCUT2D eigenvalue weighted by Gasteiger charge is -2.19. The molecular weight excluding hydrogens is 316 g/mol. The summed E-state index contributed by atoms with van der Waals surface area (Å²) in [5, 5.41) is 11.2. The summed E-state index contributed by atoms with van der Waals surface area (Å²) >= 11 is 0. The Morgan fingerprint density at radius 3 is 1.38 bits per heavy atom. The number of phenolic OH excluding ortho intramolecular Hbond substituents is 1. The molecule has 0 spiro atoms. The highest BCUT2D eigenvalue weighted by atomic mass is 16.3. The first-order valence-electron chi connectivity index (χ1n) is 9.42. The van der Waals surface area contributed by atoms with Crippen LogP contribution >= 0.6 is 0 Å². The van der Waals surface area contributed by atoms with E-state index in [1.54, 1.807) is 0 Å². The van der Waals surface area contributed by atoms with E-state index in [-0.39, 0.29) is 0 Å². The monoisotopic (exact) mass is 344 g/mol. The fraction of sp³-hybridized carbons (Fsp3) is 0.280. The van der Waals surface area contributed by atoms with Crippen LogP contribution in [0.25, 0.3) is 22.3 Å². The molecule has 26 heavy (non-hydrogen) atoms. The number of phenols is 1. The highest BCUT2D eigenvalue weighted by Gasteiger charge is 2.18. The zero-order valence-electron chi connectivity index (χ0n) is 16.4. The molecule has 1 heteroatoms. The molecule has 0 unspecified atom stereocenters. The number of hydrogen-bond donors (Lipinski definition) is 1. The largest absolute Gasteiger partial charge is 0.507 e. The number of aryl methyl sites for hydroxylation is 1. The first-order valence-corrected chi connectivity index (χ1v) is 9.42. The number of rotatable bonds is 4. The maximum atomic E-state index is 11.2. The average molecular weight is 344 g/mol. The van der Waals surface area contributed by atoms with Crippen LogP contribution in [0.4, 0.5) is 0 Å². The van der Waals surface area contributed by atoms with Gasteiger partial charge in [-0.05, 0) is 58.7 Å². The number of aromatic hydroxyl groups is 1. The van der Waals surface area contributed by atoms with Gasteiger partial charge in [-0.3, -0.25) is 0 Å². The van der Waals surface area contributed by atoms with E-state index < -0.39 is 0 Å². The van der Waals surface area contributed by atoms with E-state index in [0.717, 1.165) is 27.8 Å². The standard InChI is InChI=1S/C25H28O/c1-16(2)19-10-6-8-12-21(19)23-14-18(5)15-24(25(23)26)22-13-9-7-11-20(22)17(3)4/h6-17,26H,1-5H3. The van der Waals surface area contributed by atoms with Gasteiger partial charge in [-0.15, -0.1) is 0 Å². The molecule has 0 bridgehead atoms. The van der Waals surface area contributed by atoms with E-state index in [0.29, 0.717) is 17.6 Å². The molecule has 0 saturated carbocycles. The lowest BCUT2D eigenvalue weighted by molar-refractivity contribution is 0.479. The molecule has 0 aliphatic rings. The van der Waals surface area contributed by atoms with Crippen molar-refractivity contribution in [2.75, 3.05) is 0 Å². The Morgan fingerprint density at radius 2 is 1.00 bits per heavy atom. The van der Waals surface area contributed by atoms with E-state index in [1.165, 1.54) is 11.1 Å². The normalized spacial score (nSPS) is 11.3. The van der Waals surface area contributed by atoms with Gasteiger partial charge >= 0.3 is 0 Å². The van der Waals surface area contributed by atoms with Crippen molar-refractivity contribution in [3.63, 3.8) is 0 Å². The zero-order chi connectivity index (χ0) is 18.8. The first-order chi connectivity index (χ1) is 12.4.